The van der Waals surface area contributed by atoms with Crippen molar-refractivity contribution < 1.29 is 0 Å². The third-order valence-electron chi connectivity index (χ3n) is 8.64. The molecule has 0 spiro atoms. The van der Waals surface area contributed by atoms with Crippen molar-refractivity contribution in [1.29, 1.82) is 0 Å². The summed E-state index contributed by atoms with van der Waals surface area (Å²) in [5.41, 5.74) is 12.4. The molecule has 0 aliphatic heterocycles. The summed E-state index contributed by atoms with van der Waals surface area (Å²) in [6.45, 7) is 0. The fourth-order valence-electron chi connectivity index (χ4n) is 6.29. The van der Waals surface area contributed by atoms with Crippen LogP contribution in [0.2, 0.25) is 0 Å². The van der Waals surface area contributed by atoms with Crippen molar-refractivity contribution in [3.05, 3.63) is 152 Å². The van der Waals surface area contributed by atoms with Crippen molar-refractivity contribution in [2.45, 2.75) is 0 Å². The Bertz CT molecular complexity index is 2580. The van der Waals surface area contributed by atoms with Crippen LogP contribution in [0.15, 0.2) is 152 Å². The van der Waals surface area contributed by atoms with Gasteiger partial charge >= 0.3 is 0 Å². The van der Waals surface area contributed by atoms with E-state index in [2.05, 4.69) is 118 Å². The summed E-state index contributed by atoms with van der Waals surface area (Å²) in [5.74, 6) is 0. The standard InChI is InChI=1S/C41H25N5/c1-3-33-25-35(34-4-2-20-44-41(34)40(33)43-19-1)26-5-7-27(8-6-26)36-15-11-31-23-29(9-13-38(31)45-36)30-10-14-39-32(24-30)12-16-37(46-39)28-17-21-42-22-18-28/h1-25H. The molecule has 9 aromatic rings. The molecule has 0 unspecified atom stereocenters. The number of hydrogen-bond donors (Lipinski definition) is 0. The zero-order valence-electron chi connectivity index (χ0n) is 24.7. The lowest BCUT2D eigenvalue weighted by molar-refractivity contribution is 1.31. The Kier molecular flexibility index (Phi) is 6.06. The van der Waals surface area contributed by atoms with Crippen molar-refractivity contribution in [3.63, 3.8) is 0 Å². The van der Waals surface area contributed by atoms with Gasteiger partial charge in [0.15, 0.2) is 0 Å². The molecule has 5 heteroatoms. The molecule has 5 heterocycles. The van der Waals surface area contributed by atoms with Crippen LogP contribution in [0, 0.1) is 0 Å². The zero-order chi connectivity index (χ0) is 30.5. The average Bonchev–Trinajstić information content (AvgIpc) is 3.14. The van der Waals surface area contributed by atoms with Crippen LogP contribution >= 0.6 is 0 Å². The number of fused-ring (bicyclic) bond motifs is 5. The highest BCUT2D eigenvalue weighted by Crippen LogP contribution is 2.34. The highest BCUT2D eigenvalue weighted by Gasteiger charge is 2.11. The van der Waals surface area contributed by atoms with Crippen molar-refractivity contribution in [1.82, 2.24) is 24.9 Å². The third-order valence-corrected chi connectivity index (χ3v) is 8.64. The zero-order valence-corrected chi connectivity index (χ0v) is 24.7. The highest BCUT2D eigenvalue weighted by atomic mass is 14.7. The maximum atomic E-state index is 5.03. The van der Waals surface area contributed by atoms with E-state index < -0.39 is 0 Å². The second-order valence-corrected chi connectivity index (χ2v) is 11.4. The molecule has 0 aliphatic rings. The van der Waals surface area contributed by atoms with Crippen LogP contribution in [0.25, 0.3) is 88.4 Å². The topological polar surface area (TPSA) is 64.5 Å². The van der Waals surface area contributed by atoms with E-state index in [0.29, 0.717) is 0 Å². The van der Waals surface area contributed by atoms with Crippen LogP contribution < -0.4 is 0 Å². The van der Waals surface area contributed by atoms with Crippen molar-refractivity contribution in [2.75, 3.05) is 0 Å². The summed E-state index contributed by atoms with van der Waals surface area (Å²) in [6, 6.07) is 44.4. The lowest BCUT2D eigenvalue weighted by Crippen LogP contribution is -1.90. The number of pyridine rings is 5. The van der Waals surface area contributed by atoms with Crippen molar-refractivity contribution in [3.8, 4) is 44.8 Å². The molecule has 0 fully saturated rings. The Morgan fingerprint density at radius 1 is 0.370 bits per heavy atom. The first-order valence-corrected chi connectivity index (χ1v) is 15.2. The monoisotopic (exact) mass is 587 g/mol. The summed E-state index contributed by atoms with van der Waals surface area (Å²) in [5, 5.41) is 4.39. The Morgan fingerprint density at radius 3 is 1.61 bits per heavy atom. The van der Waals surface area contributed by atoms with Gasteiger partial charge in [-0.2, -0.15) is 0 Å². The van der Waals surface area contributed by atoms with Gasteiger partial charge in [-0.05, 0) is 89.0 Å². The van der Waals surface area contributed by atoms with E-state index >= 15 is 0 Å². The van der Waals surface area contributed by atoms with Crippen LogP contribution in [0.3, 0.4) is 0 Å². The summed E-state index contributed by atoms with van der Waals surface area (Å²) in [4.78, 5) is 23.3. The van der Waals surface area contributed by atoms with Gasteiger partial charge in [-0.3, -0.25) is 15.0 Å². The van der Waals surface area contributed by atoms with Gasteiger partial charge in [0, 0.05) is 57.5 Å². The molecule has 0 aliphatic carbocycles. The van der Waals surface area contributed by atoms with E-state index in [4.69, 9.17) is 9.97 Å². The predicted octanol–water partition coefficient (Wildman–Crippen LogP) is 9.94. The maximum absolute atomic E-state index is 5.03. The van der Waals surface area contributed by atoms with E-state index in [1.165, 1.54) is 0 Å². The lowest BCUT2D eigenvalue weighted by Gasteiger charge is -2.11. The fourth-order valence-corrected chi connectivity index (χ4v) is 6.29. The molecule has 0 bridgehead atoms. The highest BCUT2D eigenvalue weighted by molar-refractivity contribution is 6.10. The van der Waals surface area contributed by atoms with E-state index in [0.717, 1.165) is 88.4 Å². The number of nitrogens with zero attached hydrogens (tertiary/aromatic N) is 5. The molecule has 5 aromatic heterocycles. The van der Waals surface area contributed by atoms with Gasteiger partial charge in [0.25, 0.3) is 0 Å². The molecule has 0 N–H and O–H groups in total. The van der Waals surface area contributed by atoms with Crippen LogP contribution in [0.1, 0.15) is 0 Å². The Hall–Kier alpha value is -6.33. The van der Waals surface area contributed by atoms with Crippen LogP contribution in [0.4, 0.5) is 0 Å². The summed E-state index contributed by atoms with van der Waals surface area (Å²) in [7, 11) is 0. The molecule has 5 nitrogen and oxygen atoms in total. The minimum Gasteiger partial charge on any atom is -0.265 e. The molecule has 0 saturated carbocycles. The molecule has 0 amide bonds. The molecule has 46 heavy (non-hydrogen) atoms. The summed E-state index contributed by atoms with van der Waals surface area (Å²) < 4.78 is 0. The molecule has 214 valence electrons. The molecule has 0 radical (unpaired) electrons. The lowest BCUT2D eigenvalue weighted by atomic mass is 9.96. The Morgan fingerprint density at radius 2 is 0.935 bits per heavy atom. The van der Waals surface area contributed by atoms with Gasteiger partial charge in [-0.1, -0.05) is 60.7 Å². The van der Waals surface area contributed by atoms with Gasteiger partial charge in [0.2, 0.25) is 0 Å². The van der Waals surface area contributed by atoms with Gasteiger partial charge in [0.1, 0.15) is 0 Å². The SMILES string of the molecule is c1cnc2c(c1)cc(-c1ccc(-c3ccc4cc(-c5ccc6nc(-c7ccncc7)ccc6c5)ccc4n3)cc1)c1cccnc12. The second kappa shape index (κ2) is 10.7. The van der Waals surface area contributed by atoms with Crippen LogP contribution in [-0.2, 0) is 0 Å². The molecule has 9 rings (SSSR count). The van der Waals surface area contributed by atoms with Crippen LogP contribution in [-0.4, -0.2) is 24.9 Å². The summed E-state index contributed by atoms with van der Waals surface area (Å²) in [6.07, 6.45) is 7.24. The predicted molar refractivity (Wildman–Crippen MR) is 187 cm³/mol. The van der Waals surface area contributed by atoms with E-state index in [1.807, 2.05) is 36.7 Å². The minimum atomic E-state index is 0.922. The largest absolute Gasteiger partial charge is 0.265 e. The Balaban J connectivity index is 1.02. The van der Waals surface area contributed by atoms with E-state index in [-0.39, 0.29) is 0 Å². The third kappa shape index (κ3) is 4.54. The van der Waals surface area contributed by atoms with Gasteiger partial charge in [-0.25, -0.2) is 9.97 Å². The molecule has 4 aromatic carbocycles. The normalized spacial score (nSPS) is 11.5. The van der Waals surface area contributed by atoms with E-state index in [9.17, 15) is 0 Å². The van der Waals surface area contributed by atoms with Crippen molar-refractivity contribution >= 4 is 43.6 Å². The quantitative estimate of drug-likeness (QED) is 0.192. The summed E-state index contributed by atoms with van der Waals surface area (Å²) >= 11 is 0. The Labute approximate surface area is 264 Å². The molecular weight excluding hydrogens is 562 g/mol. The second-order valence-electron chi connectivity index (χ2n) is 11.4. The minimum absolute atomic E-state index is 0.922. The van der Waals surface area contributed by atoms with Gasteiger partial charge in [0.05, 0.1) is 33.5 Å². The van der Waals surface area contributed by atoms with E-state index in [1.54, 1.807) is 12.4 Å². The first-order chi connectivity index (χ1) is 22.8. The van der Waals surface area contributed by atoms with Gasteiger partial charge in [-0.15, -0.1) is 0 Å². The van der Waals surface area contributed by atoms with Gasteiger partial charge < -0.3 is 0 Å². The molecular formula is C41H25N5. The van der Waals surface area contributed by atoms with Crippen molar-refractivity contribution in [2.24, 2.45) is 0 Å². The first kappa shape index (κ1) is 26.1. The molecule has 0 saturated heterocycles. The fraction of sp³-hybridized carbons (Fsp3) is 0. The number of hydrogen-bond acceptors (Lipinski definition) is 5. The average molecular weight is 588 g/mol. The number of rotatable bonds is 4. The smallest absolute Gasteiger partial charge is 0.0970 e. The number of benzene rings is 4. The molecule has 0 atom stereocenters. The number of aromatic nitrogens is 5. The van der Waals surface area contributed by atoms with Crippen LogP contribution in [0.5, 0.6) is 0 Å². The first-order valence-electron chi connectivity index (χ1n) is 15.2. The maximum Gasteiger partial charge on any atom is 0.0970 e.